The molecule has 0 unspecified atom stereocenters. The molecular formula is C21H18Cl2N2O4. The van der Waals surface area contributed by atoms with Gasteiger partial charge in [0, 0.05) is 31.0 Å². The molecule has 0 saturated carbocycles. The molecule has 3 aromatic rings. The predicted octanol–water partition coefficient (Wildman–Crippen LogP) is 4.23. The van der Waals surface area contributed by atoms with Crippen LogP contribution >= 0.6 is 23.2 Å². The largest absolute Gasteiger partial charge is 0.478 e. The Morgan fingerprint density at radius 3 is 2.52 bits per heavy atom. The molecule has 29 heavy (non-hydrogen) atoms. The maximum absolute atomic E-state index is 13.2. The van der Waals surface area contributed by atoms with Gasteiger partial charge < -0.3 is 19.7 Å². The van der Waals surface area contributed by atoms with Gasteiger partial charge in [-0.05, 0) is 35.9 Å². The molecule has 150 valence electrons. The Kier molecular flexibility index (Phi) is 5.02. The van der Waals surface area contributed by atoms with Gasteiger partial charge in [0.25, 0.3) is 5.91 Å². The number of carbonyl (C=O) groups is 2. The monoisotopic (exact) mass is 432 g/mol. The molecule has 4 rings (SSSR count). The van der Waals surface area contributed by atoms with Gasteiger partial charge in [-0.2, -0.15) is 0 Å². The smallest absolute Gasteiger partial charge is 0.335 e. The number of nitrogens with zero attached hydrogens (tertiary/aromatic N) is 1. The summed E-state index contributed by atoms with van der Waals surface area (Å²) in [5.74, 6) is -1.27. The van der Waals surface area contributed by atoms with Gasteiger partial charge >= 0.3 is 5.97 Å². The molecule has 2 aromatic carbocycles. The zero-order valence-corrected chi connectivity index (χ0v) is 17.0. The van der Waals surface area contributed by atoms with Gasteiger partial charge in [-0.1, -0.05) is 35.3 Å². The van der Waals surface area contributed by atoms with E-state index in [1.165, 1.54) is 12.1 Å². The minimum absolute atomic E-state index is 0.189. The van der Waals surface area contributed by atoms with Gasteiger partial charge in [-0.15, -0.1) is 0 Å². The number of hydrogen-bond donors (Lipinski definition) is 2. The molecule has 1 saturated heterocycles. The number of carbonyl (C=O) groups excluding carboxylic acids is 1. The summed E-state index contributed by atoms with van der Waals surface area (Å²) in [4.78, 5) is 24.3. The van der Waals surface area contributed by atoms with E-state index in [1.54, 1.807) is 35.9 Å². The zero-order valence-electron chi connectivity index (χ0n) is 15.5. The Morgan fingerprint density at radius 1 is 1.17 bits per heavy atom. The molecular weight excluding hydrogens is 415 g/mol. The van der Waals surface area contributed by atoms with Crippen molar-refractivity contribution < 1.29 is 19.4 Å². The highest BCUT2D eigenvalue weighted by molar-refractivity contribution is 6.45. The van der Waals surface area contributed by atoms with Gasteiger partial charge in [-0.3, -0.25) is 4.79 Å². The molecule has 0 spiro atoms. The molecule has 0 radical (unpaired) electrons. The second-order valence-electron chi connectivity index (χ2n) is 7.10. The van der Waals surface area contributed by atoms with Gasteiger partial charge in [0.1, 0.15) is 5.69 Å². The van der Waals surface area contributed by atoms with Crippen LogP contribution in [0.3, 0.4) is 0 Å². The van der Waals surface area contributed by atoms with Crippen LogP contribution in [0.25, 0.3) is 10.9 Å². The van der Waals surface area contributed by atoms with Crippen molar-refractivity contribution in [1.82, 2.24) is 9.88 Å². The molecule has 1 amide bonds. The summed E-state index contributed by atoms with van der Waals surface area (Å²) in [5.41, 5.74) is 1.50. The number of aromatic nitrogens is 1. The highest BCUT2D eigenvalue weighted by Gasteiger charge is 2.39. The van der Waals surface area contributed by atoms with Crippen LogP contribution < -0.4 is 5.32 Å². The first-order chi connectivity index (χ1) is 13.8. The maximum atomic E-state index is 13.2. The van der Waals surface area contributed by atoms with E-state index in [-0.39, 0.29) is 11.5 Å². The number of halogens is 2. The number of aryl methyl sites for hydroxylation is 1. The van der Waals surface area contributed by atoms with Crippen molar-refractivity contribution in [2.75, 3.05) is 13.2 Å². The second kappa shape index (κ2) is 7.37. The molecule has 1 aliphatic heterocycles. The van der Waals surface area contributed by atoms with Crippen LogP contribution in [0.1, 0.15) is 32.8 Å². The molecule has 0 aliphatic carbocycles. The second-order valence-corrected chi connectivity index (χ2v) is 7.89. The molecule has 2 N–H and O–H groups in total. The Balaban J connectivity index is 1.70. The number of amides is 1. The van der Waals surface area contributed by atoms with Crippen LogP contribution in [0.2, 0.25) is 10.0 Å². The summed E-state index contributed by atoms with van der Waals surface area (Å²) >= 11 is 12.4. The van der Waals surface area contributed by atoms with E-state index in [0.717, 1.165) is 11.1 Å². The Labute approximate surface area is 177 Å². The van der Waals surface area contributed by atoms with E-state index in [9.17, 15) is 9.59 Å². The average molecular weight is 433 g/mol. The first-order valence-corrected chi connectivity index (χ1v) is 9.75. The third-order valence-electron chi connectivity index (χ3n) is 5.40. The van der Waals surface area contributed by atoms with Crippen LogP contribution in [0.5, 0.6) is 0 Å². The zero-order chi connectivity index (χ0) is 20.8. The molecule has 0 bridgehead atoms. The lowest BCUT2D eigenvalue weighted by atomic mass is 9.88. The number of ether oxygens (including phenoxy) is 1. The summed E-state index contributed by atoms with van der Waals surface area (Å²) in [5, 5.41) is 13.8. The Morgan fingerprint density at radius 2 is 1.90 bits per heavy atom. The fourth-order valence-electron chi connectivity index (χ4n) is 3.74. The lowest BCUT2D eigenvalue weighted by Crippen LogP contribution is -2.47. The van der Waals surface area contributed by atoms with Crippen LogP contribution in [-0.2, 0) is 17.3 Å². The maximum Gasteiger partial charge on any atom is 0.335 e. The predicted molar refractivity (Wildman–Crippen MR) is 111 cm³/mol. The minimum Gasteiger partial charge on any atom is -0.478 e. The number of nitrogens with one attached hydrogen (secondary N) is 1. The normalized spacial score (nSPS) is 18.9. The third kappa shape index (κ3) is 3.37. The Bertz CT molecular complexity index is 1120. The van der Waals surface area contributed by atoms with Crippen molar-refractivity contribution in [1.29, 1.82) is 0 Å². The van der Waals surface area contributed by atoms with Gasteiger partial charge in [-0.25, -0.2) is 4.79 Å². The first kappa shape index (κ1) is 19.8. The van der Waals surface area contributed by atoms with Gasteiger partial charge in [0.15, 0.2) is 0 Å². The fourth-order valence-corrected chi connectivity index (χ4v) is 4.12. The van der Waals surface area contributed by atoms with E-state index < -0.39 is 11.5 Å². The van der Waals surface area contributed by atoms with E-state index in [0.29, 0.717) is 40.8 Å². The standard InChI is InChI=1S/C21H18Cl2N2O4/c1-25-16-7-6-15(22)18(23)14(16)10-17(25)19(26)24-21(8-9-29-11-21)13-4-2-12(3-5-13)20(27)28/h2-7,10H,8-9,11H2,1H3,(H,24,26)(H,27,28)/t21-/m1/s1. The highest BCUT2D eigenvalue weighted by Crippen LogP contribution is 2.34. The van der Waals surface area contributed by atoms with Crippen LogP contribution in [0.4, 0.5) is 0 Å². The molecule has 1 fully saturated rings. The molecule has 1 aliphatic rings. The first-order valence-electron chi connectivity index (χ1n) is 9.00. The fraction of sp³-hybridized carbons (Fsp3) is 0.238. The molecule has 2 heterocycles. The van der Waals surface area contributed by atoms with Crippen molar-refractivity contribution in [3.8, 4) is 0 Å². The molecule has 8 heteroatoms. The van der Waals surface area contributed by atoms with Crippen LogP contribution in [-0.4, -0.2) is 34.8 Å². The summed E-state index contributed by atoms with van der Waals surface area (Å²) in [6, 6.07) is 11.7. The van der Waals surface area contributed by atoms with E-state index >= 15 is 0 Å². The van der Waals surface area contributed by atoms with Crippen molar-refractivity contribution in [3.63, 3.8) is 0 Å². The van der Waals surface area contributed by atoms with Crippen molar-refractivity contribution >= 4 is 46.0 Å². The summed E-state index contributed by atoms with van der Waals surface area (Å²) in [7, 11) is 1.79. The SMILES string of the molecule is Cn1c(C(=O)N[C@]2(c3ccc(C(=O)O)cc3)CCOC2)cc2c(Cl)c(Cl)ccc21. The molecule has 6 nitrogen and oxygen atoms in total. The van der Waals surface area contributed by atoms with Crippen LogP contribution in [0.15, 0.2) is 42.5 Å². The third-order valence-corrected chi connectivity index (χ3v) is 6.22. The molecule has 1 aromatic heterocycles. The number of carboxylic acids is 1. The summed E-state index contributed by atoms with van der Waals surface area (Å²) in [6.45, 7) is 0.805. The number of rotatable bonds is 4. The number of benzene rings is 2. The summed E-state index contributed by atoms with van der Waals surface area (Å²) in [6.07, 6.45) is 0.585. The van der Waals surface area contributed by atoms with E-state index in [4.69, 9.17) is 33.0 Å². The quantitative estimate of drug-likeness (QED) is 0.646. The highest BCUT2D eigenvalue weighted by atomic mass is 35.5. The van der Waals surface area contributed by atoms with E-state index in [1.807, 2.05) is 6.07 Å². The van der Waals surface area contributed by atoms with Crippen molar-refractivity contribution in [3.05, 3.63) is 69.3 Å². The minimum atomic E-state index is -0.997. The summed E-state index contributed by atoms with van der Waals surface area (Å²) < 4.78 is 7.34. The topological polar surface area (TPSA) is 80.6 Å². The lowest BCUT2D eigenvalue weighted by Gasteiger charge is -2.29. The average Bonchev–Trinajstić information content (AvgIpc) is 3.31. The number of carboxylic acid groups (broad SMARTS) is 1. The number of aromatic carboxylic acids is 1. The number of fused-ring (bicyclic) bond motifs is 1. The lowest BCUT2D eigenvalue weighted by molar-refractivity contribution is 0.0696. The van der Waals surface area contributed by atoms with Gasteiger partial charge in [0.05, 0.1) is 27.8 Å². The van der Waals surface area contributed by atoms with Crippen molar-refractivity contribution in [2.45, 2.75) is 12.0 Å². The van der Waals surface area contributed by atoms with Crippen LogP contribution in [0, 0.1) is 0 Å². The number of hydrogen-bond acceptors (Lipinski definition) is 3. The Hall–Kier alpha value is -2.54. The molecule has 1 atom stereocenters. The van der Waals surface area contributed by atoms with Gasteiger partial charge in [0.2, 0.25) is 0 Å². The van der Waals surface area contributed by atoms with Crippen molar-refractivity contribution in [2.24, 2.45) is 7.05 Å². The van der Waals surface area contributed by atoms with E-state index in [2.05, 4.69) is 5.32 Å².